The van der Waals surface area contributed by atoms with Crippen LogP contribution in [0.15, 0.2) is 18.2 Å². The van der Waals surface area contributed by atoms with Crippen molar-refractivity contribution in [1.29, 1.82) is 0 Å². The van der Waals surface area contributed by atoms with E-state index in [0.717, 1.165) is 12.0 Å². The maximum Gasteiger partial charge on any atom is 0.257 e. The van der Waals surface area contributed by atoms with Crippen LogP contribution in [0.3, 0.4) is 0 Å². The number of benzene rings is 1. The van der Waals surface area contributed by atoms with Crippen LogP contribution in [0.5, 0.6) is 5.75 Å². The quantitative estimate of drug-likeness (QED) is 0.581. The van der Waals surface area contributed by atoms with Crippen molar-refractivity contribution < 1.29 is 19.1 Å². The van der Waals surface area contributed by atoms with Crippen LogP contribution in [0.4, 0.5) is 0 Å². The van der Waals surface area contributed by atoms with Gasteiger partial charge in [-0.3, -0.25) is 9.59 Å². The van der Waals surface area contributed by atoms with Gasteiger partial charge in [-0.2, -0.15) is 0 Å². The number of methoxy groups -OCH3 is 1. The second-order valence-corrected chi connectivity index (χ2v) is 4.54. The van der Waals surface area contributed by atoms with E-state index in [4.69, 9.17) is 9.47 Å². The number of amides is 1. The third kappa shape index (κ3) is 5.40. The molecular weight excluding hydrogens is 258 g/mol. The first-order valence-corrected chi connectivity index (χ1v) is 6.54. The lowest BCUT2D eigenvalue weighted by Gasteiger charge is -2.10. The summed E-state index contributed by atoms with van der Waals surface area (Å²) >= 11 is 0. The number of hydrogen-bond donors (Lipinski definition) is 1. The minimum atomic E-state index is -0.212. The van der Waals surface area contributed by atoms with Crippen molar-refractivity contribution in [2.45, 2.75) is 20.3 Å². The zero-order valence-electron chi connectivity index (χ0n) is 12.2. The van der Waals surface area contributed by atoms with E-state index in [0.29, 0.717) is 24.5 Å². The third-order valence-corrected chi connectivity index (χ3v) is 2.72. The largest absolute Gasteiger partial charge is 0.483 e. The van der Waals surface area contributed by atoms with E-state index in [1.807, 2.05) is 13.0 Å². The molecule has 0 aliphatic rings. The van der Waals surface area contributed by atoms with Crippen molar-refractivity contribution >= 4 is 11.7 Å². The highest BCUT2D eigenvalue weighted by molar-refractivity contribution is 5.97. The fourth-order valence-corrected chi connectivity index (χ4v) is 1.68. The van der Waals surface area contributed by atoms with Crippen molar-refractivity contribution in [3.05, 3.63) is 29.3 Å². The highest BCUT2D eigenvalue weighted by Gasteiger charge is 2.10. The van der Waals surface area contributed by atoms with Crippen molar-refractivity contribution in [2.75, 3.05) is 26.9 Å². The molecule has 5 heteroatoms. The van der Waals surface area contributed by atoms with E-state index in [-0.39, 0.29) is 18.3 Å². The van der Waals surface area contributed by atoms with Gasteiger partial charge in [0.15, 0.2) is 12.4 Å². The fourth-order valence-electron chi connectivity index (χ4n) is 1.68. The smallest absolute Gasteiger partial charge is 0.257 e. The molecule has 1 aromatic rings. The lowest BCUT2D eigenvalue weighted by atomic mass is 10.1. The molecule has 0 atom stereocenters. The Balaban J connectivity index is 2.49. The van der Waals surface area contributed by atoms with Crippen LogP contribution in [0.1, 0.15) is 29.3 Å². The molecule has 0 bridgehead atoms. The Kier molecular flexibility index (Phi) is 6.73. The molecule has 5 nitrogen and oxygen atoms in total. The number of hydrogen-bond acceptors (Lipinski definition) is 4. The molecule has 0 heterocycles. The summed E-state index contributed by atoms with van der Waals surface area (Å²) < 4.78 is 10.3. The second kappa shape index (κ2) is 8.32. The maximum atomic E-state index is 11.6. The Morgan fingerprint density at radius 1 is 1.30 bits per heavy atom. The first-order chi connectivity index (χ1) is 9.54. The van der Waals surface area contributed by atoms with Gasteiger partial charge in [-0.25, -0.2) is 0 Å². The summed E-state index contributed by atoms with van der Waals surface area (Å²) in [7, 11) is 1.62. The highest BCUT2D eigenvalue weighted by atomic mass is 16.5. The van der Waals surface area contributed by atoms with Crippen molar-refractivity contribution in [1.82, 2.24) is 5.32 Å². The maximum absolute atomic E-state index is 11.6. The number of carbonyl (C=O) groups excluding carboxylic acids is 2. The molecule has 0 aliphatic carbocycles. The van der Waals surface area contributed by atoms with Crippen LogP contribution in [0, 0.1) is 6.92 Å². The Hall–Kier alpha value is -1.88. The standard InChI is InChI=1S/C15H21NO4/c1-11-5-6-14(13(9-11)12(2)17)20-10-15(18)16-7-4-8-19-3/h5-6,9H,4,7-8,10H2,1-3H3,(H,16,18). The Morgan fingerprint density at radius 3 is 2.70 bits per heavy atom. The van der Waals surface area contributed by atoms with Gasteiger partial charge in [0.05, 0.1) is 5.56 Å². The molecule has 20 heavy (non-hydrogen) atoms. The zero-order chi connectivity index (χ0) is 15.0. The topological polar surface area (TPSA) is 64.6 Å². The average molecular weight is 279 g/mol. The minimum absolute atomic E-state index is 0.0794. The average Bonchev–Trinajstić information content (AvgIpc) is 2.42. The molecule has 0 fully saturated rings. The van der Waals surface area contributed by atoms with Gasteiger partial charge in [-0.05, 0) is 32.4 Å². The number of aryl methyl sites for hydroxylation is 1. The summed E-state index contributed by atoms with van der Waals surface area (Å²) in [6, 6.07) is 5.32. The van der Waals surface area contributed by atoms with Gasteiger partial charge in [-0.1, -0.05) is 11.6 Å². The lowest BCUT2D eigenvalue weighted by Crippen LogP contribution is -2.30. The number of carbonyl (C=O) groups is 2. The molecule has 0 saturated carbocycles. The Labute approximate surface area is 119 Å². The molecular formula is C15H21NO4. The zero-order valence-corrected chi connectivity index (χ0v) is 12.2. The first-order valence-electron chi connectivity index (χ1n) is 6.54. The molecule has 0 radical (unpaired) electrons. The molecule has 0 aliphatic heterocycles. The minimum Gasteiger partial charge on any atom is -0.483 e. The summed E-state index contributed by atoms with van der Waals surface area (Å²) in [5, 5.41) is 2.72. The van der Waals surface area contributed by atoms with Gasteiger partial charge in [-0.15, -0.1) is 0 Å². The molecule has 1 amide bonds. The lowest BCUT2D eigenvalue weighted by molar-refractivity contribution is -0.123. The van der Waals surface area contributed by atoms with Gasteiger partial charge < -0.3 is 14.8 Å². The highest BCUT2D eigenvalue weighted by Crippen LogP contribution is 2.20. The molecule has 110 valence electrons. The van der Waals surface area contributed by atoms with Crippen LogP contribution in [-0.2, 0) is 9.53 Å². The summed E-state index contributed by atoms with van der Waals surface area (Å²) in [5.74, 6) is 0.149. The van der Waals surface area contributed by atoms with Crippen LogP contribution in [0.2, 0.25) is 0 Å². The number of Topliss-reactive ketones (excluding diaryl/α,β-unsaturated/α-hetero) is 1. The Bertz CT molecular complexity index is 471. The fraction of sp³-hybridized carbons (Fsp3) is 0.467. The van der Waals surface area contributed by atoms with Crippen molar-refractivity contribution in [3.8, 4) is 5.75 Å². The predicted octanol–water partition coefficient (Wildman–Crippen LogP) is 1.73. The van der Waals surface area contributed by atoms with Gasteiger partial charge >= 0.3 is 0 Å². The van der Waals surface area contributed by atoms with Crippen molar-refractivity contribution in [3.63, 3.8) is 0 Å². The van der Waals surface area contributed by atoms with Crippen molar-refractivity contribution in [2.24, 2.45) is 0 Å². The molecule has 0 unspecified atom stereocenters. The van der Waals surface area contributed by atoms with E-state index in [1.165, 1.54) is 6.92 Å². The molecule has 1 rings (SSSR count). The number of nitrogens with one attached hydrogen (secondary N) is 1. The van der Waals surface area contributed by atoms with Crippen LogP contribution >= 0.6 is 0 Å². The molecule has 0 saturated heterocycles. The number of rotatable bonds is 8. The SMILES string of the molecule is COCCCNC(=O)COc1ccc(C)cc1C(C)=O. The van der Waals surface area contributed by atoms with Crippen LogP contribution in [0.25, 0.3) is 0 Å². The van der Waals surface area contributed by atoms with Gasteiger partial charge in [0, 0.05) is 20.3 Å². The molecule has 1 N–H and O–H groups in total. The van der Waals surface area contributed by atoms with E-state index in [2.05, 4.69) is 5.32 Å². The summed E-state index contributed by atoms with van der Waals surface area (Å²) in [6.45, 7) is 4.43. The van der Waals surface area contributed by atoms with Gasteiger partial charge in [0.25, 0.3) is 5.91 Å². The normalized spacial score (nSPS) is 10.2. The first kappa shape index (κ1) is 16.2. The number of ether oxygens (including phenoxy) is 2. The van der Waals surface area contributed by atoms with E-state index in [1.54, 1.807) is 19.2 Å². The molecule has 0 spiro atoms. The van der Waals surface area contributed by atoms with E-state index in [9.17, 15) is 9.59 Å². The molecule has 1 aromatic carbocycles. The van der Waals surface area contributed by atoms with Gasteiger partial charge in [0.1, 0.15) is 5.75 Å². The third-order valence-electron chi connectivity index (χ3n) is 2.72. The van der Waals surface area contributed by atoms with Crippen LogP contribution < -0.4 is 10.1 Å². The second-order valence-electron chi connectivity index (χ2n) is 4.54. The summed E-state index contributed by atoms with van der Waals surface area (Å²) in [4.78, 5) is 23.1. The molecule has 0 aromatic heterocycles. The van der Waals surface area contributed by atoms with Gasteiger partial charge in [0.2, 0.25) is 0 Å². The number of ketones is 1. The van der Waals surface area contributed by atoms with E-state index >= 15 is 0 Å². The summed E-state index contributed by atoms with van der Waals surface area (Å²) in [5.41, 5.74) is 1.48. The predicted molar refractivity (Wildman–Crippen MR) is 76.2 cm³/mol. The van der Waals surface area contributed by atoms with E-state index < -0.39 is 0 Å². The monoisotopic (exact) mass is 279 g/mol. The Morgan fingerprint density at radius 2 is 2.05 bits per heavy atom. The summed E-state index contributed by atoms with van der Waals surface area (Å²) in [6.07, 6.45) is 0.755. The van der Waals surface area contributed by atoms with Crippen LogP contribution in [-0.4, -0.2) is 38.6 Å².